The zero-order chi connectivity index (χ0) is 25.1. The quantitative estimate of drug-likeness (QED) is 0.130. The third kappa shape index (κ3) is 7.86. The number of carbonyl (C=O) groups is 3. The van der Waals surface area contributed by atoms with Gasteiger partial charge in [0.25, 0.3) is 0 Å². The van der Waals surface area contributed by atoms with Gasteiger partial charge in [0.05, 0.1) is 12.2 Å². The van der Waals surface area contributed by atoms with Gasteiger partial charge in [0.1, 0.15) is 17.6 Å². The molecule has 0 aliphatic heterocycles. The van der Waals surface area contributed by atoms with Crippen molar-refractivity contribution in [2.75, 3.05) is 13.2 Å². The Morgan fingerprint density at radius 1 is 1.09 bits per heavy atom. The first-order valence-corrected chi connectivity index (χ1v) is 10.8. The maximum atomic E-state index is 12.5. The van der Waals surface area contributed by atoms with Crippen molar-refractivity contribution in [3.8, 4) is 5.75 Å². The lowest BCUT2D eigenvalue weighted by Gasteiger charge is -2.17. The predicted molar refractivity (Wildman–Crippen MR) is 127 cm³/mol. The Hall–Kier alpha value is -3.98. The zero-order valence-electron chi connectivity index (χ0n) is 19.2. The molecular formula is C25H29N3O6. The first-order valence-electron chi connectivity index (χ1n) is 10.8. The van der Waals surface area contributed by atoms with Gasteiger partial charge in [-0.2, -0.15) is 0 Å². The van der Waals surface area contributed by atoms with Gasteiger partial charge in [-0.15, -0.1) is 0 Å². The van der Waals surface area contributed by atoms with E-state index in [4.69, 9.17) is 25.7 Å². The molecule has 9 heteroatoms. The average molecular weight is 468 g/mol. The van der Waals surface area contributed by atoms with Crippen LogP contribution < -0.4 is 15.8 Å². The SMILES string of the molecule is CCOC(=O)[C@H](CCCO)NC(=O)C(C)=Cc1ccc(C(=O)Oc2ccc(C(=N)N)cc2)cc1. The molecule has 0 unspecified atom stereocenters. The monoisotopic (exact) mass is 467 g/mol. The van der Waals surface area contributed by atoms with Crippen LogP contribution in [-0.2, 0) is 14.3 Å². The maximum absolute atomic E-state index is 12.5. The summed E-state index contributed by atoms with van der Waals surface area (Å²) in [6.07, 6.45) is 2.24. The van der Waals surface area contributed by atoms with Crippen LogP contribution in [0.3, 0.4) is 0 Å². The van der Waals surface area contributed by atoms with Crippen molar-refractivity contribution in [1.29, 1.82) is 5.41 Å². The fourth-order valence-electron chi connectivity index (χ4n) is 2.96. The normalized spacial score (nSPS) is 11.9. The Kier molecular flexibility index (Phi) is 9.97. The second-order valence-corrected chi connectivity index (χ2v) is 7.42. The minimum absolute atomic E-state index is 0.0768. The van der Waals surface area contributed by atoms with Gasteiger partial charge in [-0.05, 0) is 74.7 Å². The van der Waals surface area contributed by atoms with E-state index in [0.717, 1.165) is 0 Å². The predicted octanol–water partition coefficient (Wildman–Crippen LogP) is 2.41. The summed E-state index contributed by atoms with van der Waals surface area (Å²) in [5, 5.41) is 19.0. The number of aliphatic hydroxyl groups is 1. The molecule has 9 nitrogen and oxygen atoms in total. The van der Waals surface area contributed by atoms with Crippen LogP contribution >= 0.6 is 0 Å². The fraction of sp³-hybridized carbons (Fsp3) is 0.280. The lowest BCUT2D eigenvalue weighted by atomic mass is 10.1. The molecule has 0 saturated heterocycles. The van der Waals surface area contributed by atoms with Crippen LogP contribution in [0, 0.1) is 5.41 Å². The van der Waals surface area contributed by atoms with Gasteiger partial charge in [0.15, 0.2) is 0 Å². The Morgan fingerprint density at radius 2 is 1.71 bits per heavy atom. The van der Waals surface area contributed by atoms with Gasteiger partial charge < -0.3 is 25.6 Å². The summed E-state index contributed by atoms with van der Waals surface area (Å²) >= 11 is 0. The number of amides is 1. The van der Waals surface area contributed by atoms with E-state index >= 15 is 0 Å². The Bertz CT molecular complexity index is 1050. The summed E-state index contributed by atoms with van der Waals surface area (Å²) in [6.45, 7) is 3.38. The fourth-order valence-corrected chi connectivity index (χ4v) is 2.96. The van der Waals surface area contributed by atoms with Crippen molar-refractivity contribution in [1.82, 2.24) is 5.32 Å². The highest BCUT2D eigenvalue weighted by atomic mass is 16.5. The van der Waals surface area contributed by atoms with Crippen molar-refractivity contribution >= 4 is 29.8 Å². The van der Waals surface area contributed by atoms with Crippen LogP contribution in [0.1, 0.15) is 48.2 Å². The number of nitrogens with two attached hydrogens (primary N) is 1. The summed E-state index contributed by atoms with van der Waals surface area (Å²) < 4.78 is 10.3. The maximum Gasteiger partial charge on any atom is 0.343 e. The van der Waals surface area contributed by atoms with Gasteiger partial charge >= 0.3 is 11.9 Å². The van der Waals surface area contributed by atoms with Crippen LogP contribution in [0.4, 0.5) is 0 Å². The summed E-state index contributed by atoms with van der Waals surface area (Å²) in [6, 6.07) is 11.9. The largest absolute Gasteiger partial charge is 0.464 e. The molecule has 180 valence electrons. The Morgan fingerprint density at radius 3 is 2.26 bits per heavy atom. The number of ether oxygens (including phenoxy) is 2. The molecule has 0 spiro atoms. The molecule has 0 aromatic heterocycles. The molecule has 2 rings (SSSR count). The van der Waals surface area contributed by atoms with E-state index < -0.39 is 23.9 Å². The van der Waals surface area contributed by atoms with Crippen molar-refractivity contribution in [3.63, 3.8) is 0 Å². The van der Waals surface area contributed by atoms with E-state index in [0.29, 0.717) is 34.4 Å². The first kappa shape index (κ1) is 26.3. The van der Waals surface area contributed by atoms with Crippen LogP contribution in [0.15, 0.2) is 54.1 Å². The van der Waals surface area contributed by atoms with Gasteiger partial charge in [0, 0.05) is 17.7 Å². The number of hydrogen-bond acceptors (Lipinski definition) is 7. The topological polar surface area (TPSA) is 152 Å². The smallest absolute Gasteiger partial charge is 0.343 e. The Balaban J connectivity index is 2.02. The number of nitrogens with one attached hydrogen (secondary N) is 2. The molecule has 0 aliphatic carbocycles. The molecule has 0 fully saturated rings. The molecule has 0 bridgehead atoms. The molecule has 5 N–H and O–H groups in total. The number of aliphatic hydroxyl groups excluding tert-OH is 1. The minimum Gasteiger partial charge on any atom is -0.464 e. The molecular weight excluding hydrogens is 438 g/mol. The average Bonchev–Trinajstić information content (AvgIpc) is 2.82. The summed E-state index contributed by atoms with van der Waals surface area (Å²) in [5.41, 5.74) is 7.29. The molecule has 0 radical (unpaired) electrons. The summed E-state index contributed by atoms with van der Waals surface area (Å²) in [4.78, 5) is 36.9. The van der Waals surface area contributed by atoms with Gasteiger partial charge in [-0.3, -0.25) is 10.2 Å². The standard InChI is InChI=1S/C25H29N3O6/c1-3-33-25(32)21(5-4-14-29)28-23(30)16(2)15-17-6-8-19(9-7-17)24(31)34-20-12-10-18(11-13-20)22(26)27/h6-13,15,21,29H,3-5,14H2,1-2H3,(H3,26,27)(H,28,30)/t21-/m0/s1. The second kappa shape index (κ2) is 12.9. The van der Waals surface area contributed by atoms with Crippen LogP contribution in [-0.4, -0.2) is 48.0 Å². The van der Waals surface area contributed by atoms with E-state index in [1.807, 2.05) is 0 Å². The molecule has 0 heterocycles. The van der Waals surface area contributed by atoms with E-state index in [9.17, 15) is 14.4 Å². The Labute approximate surface area is 198 Å². The van der Waals surface area contributed by atoms with Crippen molar-refractivity contribution in [3.05, 3.63) is 70.8 Å². The number of hydrogen-bond donors (Lipinski definition) is 4. The molecule has 1 amide bonds. The van der Waals surface area contributed by atoms with Crippen molar-refractivity contribution in [2.45, 2.75) is 32.7 Å². The minimum atomic E-state index is -0.843. The zero-order valence-corrected chi connectivity index (χ0v) is 19.2. The van der Waals surface area contributed by atoms with Crippen LogP contribution in [0.25, 0.3) is 6.08 Å². The molecule has 1 atom stereocenters. The third-order valence-corrected chi connectivity index (χ3v) is 4.79. The lowest BCUT2D eigenvalue weighted by Crippen LogP contribution is -2.42. The highest BCUT2D eigenvalue weighted by molar-refractivity contribution is 5.99. The van der Waals surface area contributed by atoms with Crippen molar-refractivity contribution < 1.29 is 29.0 Å². The highest BCUT2D eigenvalue weighted by Gasteiger charge is 2.22. The summed E-state index contributed by atoms with van der Waals surface area (Å²) in [7, 11) is 0. The van der Waals surface area contributed by atoms with E-state index in [1.165, 1.54) is 0 Å². The van der Waals surface area contributed by atoms with Gasteiger partial charge in [-0.1, -0.05) is 12.1 Å². The molecule has 2 aromatic rings. The summed E-state index contributed by atoms with van der Waals surface area (Å²) in [5.74, 6) is -1.29. The lowest BCUT2D eigenvalue weighted by molar-refractivity contribution is -0.147. The highest BCUT2D eigenvalue weighted by Crippen LogP contribution is 2.16. The van der Waals surface area contributed by atoms with Crippen molar-refractivity contribution in [2.24, 2.45) is 5.73 Å². The van der Waals surface area contributed by atoms with E-state index in [1.54, 1.807) is 68.5 Å². The molecule has 2 aromatic carbocycles. The number of esters is 2. The first-order chi connectivity index (χ1) is 16.2. The van der Waals surface area contributed by atoms with Crippen LogP contribution in [0.5, 0.6) is 5.75 Å². The van der Waals surface area contributed by atoms with Gasteiger partial charge in [0.2, 0.25) is 5.91 Å². The molecule has 0 aliphatic rings. The van der Waals surface area contributed by atoms with E-state index in [2.05, 4.69) is 5.32 Å². The van der Waals surface area contributed by atoms with Gasteiger partial charge in [-0.25, -0.2) is 9.59 Å². The van der Waals surface area contributed by atoms with Crippen LogP contribution in [0.2, 0.25) is 0 Å². The number of amidine groups is 1. The van der Waals surface area contributed by atoms with E-state index in [-0.39, 0.29) is 25.5 Å². The number of benzene rings is 2. The number of nitrogen functional groups attached to an aromatic ring is 1. The molecule has 0 saturated carbocycles. The number of carbonyl (C=O) groups excluding carboxylic acids is 3. The second-order valence-electron chi connectivity index (χ2n) is 7.42. The molecule has 34 heavy (non-hydrogen) atoms. The third-order valence-electron chi connectivity index (χ3n) is 4.79. The number of rotatable bonds is 11.